The van der Waals surface area contributed by atoms with Crippen LogP contribution in [0.5, 0.6) is 0 Å². The van der Waals surface area contributed by atoms with E-state index in [1.54, 1.807) is 4.90 Å². The number of fused-ring (bicyclic) bond motifs is 3. The fraction of sp³-hybridized carbons (Fsp3) is 0.444. The Morgan fingerprint density at radius 2 is 1.74 bits per heavy atom. The third-order valence-corrected chi connectivity index (χ3v) is 7.22. The van der Waals surface area contributed by atoms with Crippen LogP contribution in [0.15, 0.2) is 48.5 Å². The van der Waals surface area contributed by atoms with E-state index in [0.29, 0.717) is 19.4 Å². The zero-order chi connectivity index (χ0) is 25.0. The number of hydrogen-bond donors (Lipinski definition) is 2. The molecule has 0 aromatic heterocycles. The second kappa shape index (κ2) is 10.5. The number of amides is 2. The Balaban J connectivity index is 1.32. The summed E-state index contributed by atoms with van der Waals surface area (Å²) in [6, 6.07) is 16.3. The van der Waals surface area contributed by atoms with Crippen LogP contribution in [0.4, 0.5) is 4.79 Å². The number of likely N-dealkylation sites (tertiary alicyclic amines) is 1. The third-order valence-electron chi connectivity index (χ3n) is 7.22. The first-order chi connectivity index (χ1) is 16.9. The molecule has 2 atom stereocenters. The molecule has 1 fully saturated rings. The van der Waals surface area contributed by atoms with Crippen molar-refractivity contribution in [2.45, 2.75) is 25.7 Å². The van der Waals surface area contributed by atoms with Gasteiger partial charge in [-0.25, -0.2) is 4.79 Å². The van der Waals surface area contributed by atoms with E-state index in [4.69, 9.17) is 9.47 Å². The van der Waals surface area contributed by atoms with Crippen LogP contribution in [0.25, 0.3) is 11.1 Å². The van der Waals surface area contributed by atoms with Gasteiger partial charge in [-0.1, -0.05) is 55.5 Å². The van der Waals surface area contributed by atoms with Gasteiger partial charge >= 0.3 is 12.1 Å². The molecule has 0 spiro atoms. The van der Waals surface area contributed by atoms with E-state index < -0.39 is 23.4 Å². The molecule has 1 aliphatic carbocycles. The number of methoxy groups -OCH3 is 1. The predicted molar refractivity (Wildman–Crippen MR) is 130 cm³/mol. The van der Waals surface area contributed by atoms with Gasteiger partial charge in [-0.15, -0.1) is 0 Å². The normalized spacial score (nSPS) is 19.7. The van der Waals surface area contributed by atoms with E-state index in [-0.39, 0.29) is 38.1 Å². The number of ether oxygens (including phenoxy) is 2. The molecule has 2 aromatic rings. The van der Waals surface area contributed by atoms with E-state index >= 15 is 0 Å². The van der Waals surface area contributed by atoms with Gasteiger partial charge in [0.25, 0.3) is 0 Å². The van der Waals surface area contributed by atoms with Gasteiger partial charge in [0.2, 0.25) is 5.91 Å². The Labute approximate surface area is 205 Å². The SMILES string of the molecule is CCC(CNC(=O)OCC1c2ccccc2-c2ccccc21)C(=O)N1CCC(COC)(C(=O)O)C1. The van der Waals surface area contributed by atoms with Crippen molar-refractivity contribution in [1.82, 2.24) is 10.2 Å². The summed E-state index contributed by atoms with van der Waals surface area (Å²) in [5, 5.41) is 12.4. The van der Waals surface area contributed by atoms with Crippen LogP contribution in [0.1, 0.15) is 36.8 Å². The molecule has 4 rings (SSSR count). The fourth-order valence-corrected chi connectivity index (χ4v) is 5.21. The van der Waals surface area contributed by atoms with Crippen molar-refractivity contribution in [3.05, 3.63) is 59.7 Å². The average molecular weight is 481 g/mol. The van der Waals surface area contributed by atoms with Gasteiger partial charge in [0.1, 0.15) is 12.0 Å². The van der Waals surface area contributed by atoms with Crippen LogP contribution in [0, 0.1) is 11.3 Å². The first-order valence-electron chi connectivity index (χ1n) is 12.0. The Hall–Kier alpha value is -3.39. The van der Waals surface area contributed by atoms with Crippen molar-refractivity contribution < 1.29 is 29.0 Å². The highest BCUT2D eigenvalue weighted by atomic mass is 16.5. The van der Waals surface area contributed by atoms with Gasteiger partial charge < -0.3 is 24.8 Å². The smallest absolute Gasteiger partial charge is 0.407 e. The molecule has 35 heavy (non-hydrogen) atoms. The number of rotatable bonds is 9. The molecule has 2 amide bonds. The van der Waals surface area contributed by atoms with Crippen LogP contribution < -0.4 is 5.32 Å². The van der Waals surface area contributed by atoms with Crippen molar-refractivity contribution in [3.8, 4) is 11.1 Å². The van der Waals surface area contributed by atoms with Crippen LogP contribution in [-0.2, 0) is 19.1 Å². The van der Waals surface area contributed by atoms with Crippen molar-refractivity contribution in [2.75, 3.05) is 40.0 Å². The van der Waals surface area contributed by atoms with E-state index in [1.807, 2.05) is 31.2 Å². The zero-order valence-corrected chi connectivity index (χ0v) is 20.2. The highest BCUT2D eigenvalue weighted by Crippen LogP contribution is 2.44. The van der Waals surface area contributed by atoms with Gasteiger partial charge in [-0.2, -0.15) is 0 Å². The number of carbonyl (C=O) groups excluding carboxylic acids is 2. The number of aliphatic carboxylic acids is 1. The number of carboxylic acids is 1. The van der Waals surface area contributed by atoms with E-state index in [2.05, 4.69) is 29.6 Å². The number of benzene rings is 2. The molecule has 0 saturated carbocycles. The van der Waals surface area contributed by atoms with Crippen molar-refractivity contribution in [1.29, 1.82) is 0 Å². The fourth-order valence-electron chi connectivity index (χ4n) is 5.21. The summed E-state index contributed by atoms with van der Waals surface area (Å²) in [6.07, 6.45) is 0.292. The summed E-state index contributed by atoms with van der Waals surface area (Å²) >= 11 is 0. The van der Waals surface area contributed by atoms with Gasteiger partial charge in [0.05, 0.1) is 12.5 Å². The molecule has 1 saturated heterocycles. The summed E-state index contributed by atoms with van der Waals surface area (Å²) < 4.78 is 10.7. The molecule has 2 aliphatic rings. The standard InChI is InChI=1S/C27H32N2O6/c1-3-18(24(30)29-13-12-27(16-29,17-34-2)25(31)32)14-28-26(33)35-15-23-21-10-6-4-8-19(21)20-9-5-7-11-22(20)23/h4-11,18,23H,3,12-17H2,1-2H3,(H,28,33)(H,31,32). The van der Waals surface area contributed by atoms with Gasteiger partial charge in [-0.3, -0.25) is 9.59 Å². The largest absolute Gasteiger partial charge is 0.481 e. The highest BCUT2D eigenvalue weighted by Gasteiger charge is 2.47. The number of alkyl carbamates (subject to hydrolysis) is 1. The Bertz CT molecular complexity index is 1060. The average Bonchev–Trinajstić information content (AvgIpc) is 3.44. The second-order valence-corrected chi connectivity index (χ2v) is 9.34. The third kappa shape index (κ3) is 4.89. The molecule has 2 N–H and O–H groups in total. The molecular weight excluding hydrogens is 448 g/mol. The van der Waals surface area contributed by atoms with Crippen LogP contribution in [-0.4, -0.2) is 67.9 Å². The van der Waals surface area contributed by atoms with E-state index in [9.17, 15) is 19.5 Å². The van der Waals surface area contributed by atoms with Gasteiger partial charge in [0.15, 0.2) is 0 Å². The first kappa shape index (κ1) is 24.7. The minimum absolute atomic E-state index is 0.0359. The molecule has 0 bridgehead atoms. The Morgan fingerprint density at radius 1 is 1.11 bits per heavy atom. The summed E-state index contributed by atoms with van der Waals surface area (Å²) in [6.45, 7) is 2.73. The van der Waals surface area contributed by atoms with Crippen LogP contribution in [0.2, 0.25) is 0 Å². The molecular formula is C27H32N2O6. The lowest BCUT2D eigenvalue weighted by Gasteiger charge is -2.26. The highest BCUT2D eigenvalue weighted by molar-refractivity contribution is 5.83. The quantitative estimate of drug-likeness (QED) is 0.569. The van der Waals surface area contributed by atoms with Crippen molar-refractivity contribution in [2.24, 2.45) is 11.3 Å². The lowest BCUT2D eigenvalue weighted by atomic mass is 9.88. The molecule has 2 aromatic carbocycles. The topological polar surface area (TPSA) is 105 Å². The molecule has 1 heterocycles. The molecule has 0 radical (unpaired) electrons. The number of nitrogens with one attached hydrogen (secondary N) is 1. The summed E-state index contributed by atoms with van der Waals surface area (Å²) in [4.78, 5) is 38.9. The molecule has 8 heteroatoms. The van der Waals surface area contributed by atoms with Crippen LogP contribution in [0.3, 0.4) is 0 Å². The van der Waals surface area contributed by atoms with Crippen LogP contribution >= 0.6 is 0 Å². The monoisotopic (exact) mass is 480 g/mol. The molecule has 2 unspecified atom stereocenters. The van der Waals surface area contributed by atoms with Gasteiger partial charge in [-0.05, 0) is 35.1 Å². The van der Waals surface area contributed by atoms with E-state index in [0.717, 1.165) is 22.3 Å². The molecule has 1 aliphatic heterocycles. The summed E-state index contributed by atoms with van der Waals surface area (Å²) in [7, 11) is 1.46. The van der Waals surface area contributed by atoms with Crippen molar-refractivity contribution >= 4 is 18.0 Å². The maximum absolute atomic E-state index is 13.0. The zero-order valence-electron chi connectivity index (χ0n) is 20.2. The maximum Gasteiger partial charge on any atom is 0.407 e. The minimum atomic E-state index is -1.08. The number of hydrogen-bond acceptors (Lipinski definition) is 5. The van der Waals surface area contributed by atoms with E-state index in [1.165, 1.54) is 7.11 Å². The number of carboxylic acid groups (broad SMARTS) is 1. The minimum Gasteiger partial charge on any atom is -0.481 e. The second-order valence-electron chi connectivity index (χ2n) is 9.34. The molecule has 186 valence electrons. The predicted octanol–water partition coefficient (Wildman–Crippen LogP) is 3.50. The summed E-state index contributed by atoms with van der Waals surface area (Å²) in [5.41, 5.74) is 3.50. The summed E-state index contributed by atoms with van der Waals surface area (Å²) in [5.74, 6) is -1.61. The number of nitrogens with zero attached hydrogens (tertiary/aromatic N) is 1. The number of carbonyl (C=O) groups is 3. The first-order valence-corrected chi connectivity index (χ1v) is 12.0. The van der Waals surface area contributed by atoms with Gasteiger partial charge in [0, 0.05) is 32.7 Å². The maximum atomic E-state index is 13.0. The Morgan fingerprint density at radius 3 is 2.31 bits per heavy atom. The molecule has 8 nitrogen and oxygen atoms in total. The lowest BCUT2D eigenvalue weighted by molar-refractivity contribution is -0.151. The Kier molecular flexibility index (Phi) is 7.40. The van der Waals surface area contributed by atoms with Crippen molar-refractivity contribution in [3.63, 3.8) is 0 Å². The lowest BCUT2D eigenvalue weighted by Crippen LogP contribution is -2.44.